The van der Waals surface area contributed by atoms with Crippen LogP contribution in [0, 0.1) is 12.3 Å². The summed E-state index contributed by atoms with van der Waals surface area (Å²) < 4.78 is 33.0. The predicted octanol–water partition coefficient (Wildman–Crippen LogP) is 1.02. The molecule has 1 aromatic rings. The van der Waals surface area contributed by atoms with Gasteiger partial charge in [0, 0.05) is 50.1 Å². The van der Waals surface area contributed by atoms with Crippen molar-refractivity contribution in [1.82, 2.24) is 14.9 Å². The Balaban J connectivity index is 1.46. The lowest BCUT2D eigenvalue weighted by Gasteiger charge is -2.24. The highest BCUT2D eigenvalue weighted by molar-refractivity contribution is 7.91. The third-order valence-corrected chi connectivity index (χ3v) is 7.77. The van der Waals surface area contributed by atoms with E-state index in [0.717, 1.165) is 50.0 Å². The fraction of sp³-hybridized carbons (Fsp3) is 0.688. The number of aryl methyl sites for hydroxylation is 1. The Hall–Kier alpha value is -1.16. The molecule has 2 saturated heterocycles. The molecule has 0 saturated carbocycles. The first kappa shape index (κ1) is 18.6. The van der Waals surface area contributed by atoms with Gasteiger partial charge < -0.3 is 15.0 Å². The Labute approximate surface area is 153 Å². The molecule has 0 radical (unpaired) electrons. The van der Waals surface area contributed by atoms with Gasteiger partial charge in [0.25, 0.3) is 0 Å². The van der Waals surface area contributed by atoms with Crippen LogP contribution in [0.25, 0.3) is 0 Å². The SMILES string of the molecule is CN=C(NCCNS(=O)(=O)c1ccc(C)s1)N1CCC2(CCOC2)C1. The fourth-order valence-corrected chi connectivity index (χ4v) is 5.77. The van der Waals surface area contributed by atoms with Crippen LogP contribution in [-0.2, 0) is 14.8 Å². The van der Waals surface area contributed by atoms with Gasteiger partial charge in [-0.1, -0.05) is 0 Å². The zero-order valence-corrected chi connectivity index (χ0v) is 16.4. The first-order chi connectivity index (χ1) is 11.9. The molecule has 3 heterocycles. The number of likely N-dealkylation sites (tertiary alicyclic amines) is 1. The van der Waals surface area contributed by atoms with Crippen LogP contribution in [0.5, 0.6) is 0 Å². The lowest BCUT2D eigenvalue weighted by atomic mass is 9.87. The van der Waals surface area contributed by atoms with E-state index in [9.17, 15) is 8.42 Å². The van der Waals surface area contributed by atoms with E-state index in [1.807, 2.05) is 13.0 Å². The second-order valence-corrected chi connectivity index (χ2v) is 9.99. The number of aliphatic imine (C=N–C) groups is 1. The van der Waals surface area contributed by atoms with E-state index in [1.165, 1.54) is 11.3 Å². The van der Waals surface area contributed by atoms with Gasteiger partial charge in [-0.2, -0.15) is 0 Å². The standard InChI is InChI=1S/C16H26N4O3S2/c1-13-3-4-14(24-13)25(21,22)19-8-7-18-15(17-2)20-9-5-16(11-20)6-10-23-12-16/h3-4,19H,5-12H2,1-2H3,(H,17,18). The van der Waals surface area contributed by atoms with Crippen LogP contribution in [0.15, 0.2) is 21.3 Å². The van der Waals surface area contributed by atoms with E-state index in [2.05, 4.69) is 19.9 Å². The molecule has 3 rings (SSSR count). The normalized spacial score (nSPS) is 24.4. The zero-order chi connectivity index (χ0) is 17.9. The lowest BCUT2D eigenvalue weighted by Crippen LogP contribution is -2.44. The minimum Gasteiger partial charge on any atom is -0.381 e. The molecule has 0 bridgehead atoms. The number of hydrogen-bond donors (Lipinski definition) is 2. The Morgan fingerprint density at radius 3 is 2.88 bits per heavy atom. The van der Waals surface area contributed by atoms with E-state index in [-0.39, 0.29) is 5.41 Å². The molecule has 140 valence electrons. The van der Waals surface area contributed by atoms with Crippen molar-refractivity contribution in [3.8, 4) is 0 Å². The summed E-state index contributed by atoms with van der Waals surface area (Å²) in [4.78, 5) is 7.56. The Morgan fingerprint density at radius 2 is 2.24 bits per heavy atom. The van der Waals surface area contributed by atoms with E-state index in [4.69, 9.17) is 4.74 Å². The van der Waals surface area contributed by atoms with Crippen molar-refractivity contribution in [2.75, 3.05) is 46.4 Å². The minimum absolute atomic E-state index is 0.274. The highest BCUT2D eigenvalue weighted by Crippen LogP contribution is 2.38. The van der Waals surface area contributed by atoms with Crippen molar-refractivity contribution in [3.05, 3.63) is 17.0 Å². The maximum Gasteiger partial charge on any atom is 0.250 e. The molecule has 0 aliphatic carbocycles. The molecule has 2 aliphatic rings. The summed E-state index contributed by atoms with van der Waals surface area (Å²) in [7, 11) is -1.66. The molecule has 9 heteroatoms. The van der Waals surface area contributed by atoms with Crippen LogP contribution in [0.2, 0.25) is 0 Å². The largest absolute Gasteiger partial charge is 0.381 e. The number of sulfonamides is 1. The van der Waals surface area contributed by atoms with Crippen molar-refractivity contribution in [2.24, 2.45) is 10.4 Å². The summed E-state index contributed by atoms with van der Waals surface area (Å²) in [5.41, 5.74) is 0.274. The molecule has 2 aliphatic heterocycles. The molecule has 0 amide bonds. The molecular formula is C16H26N4O3S2. The first-order valence-corrected chi connectivity index (χ1v) is 10.8. The van der Waals surface area contributed by atoms with E-state index >= 15 is 0 Å². The molecule has 7 nitrogen and oxygen atoms in total. The fourth-order valence-electron chi connectivity index (χ4n) is 3.41. The molecule has 2 N–H and O–H groups in total. The van der Waals surface area contributed by atoms with Gasteiger partial charge in [0.2, 0.25) is 10.0 Å². The monoisotopic (exact) mass is 386 g/mol. The second kappa shape index (κ2) is 7.61. The Bertz CT molecular complexity index is 723. The summed E-state index contributed by atoms with van der Waals surface area (Å²) in [6.07, 6.45) is 2.23. The number of guanidine groups is 1. The van der Waals surface area contributed by atoms with Gasteiger partial charge in [-0.05, 0) is 31.9 Å². The van der Waals surface area contributed by atoms with Crippen LogP contribution in [0.1, 0.15) is 17.7 Å². The minimum atomic E-state index is -3.42. The van der Waals surface area contributed by atoms with Crippen LogP contribution >= 0.6 is 11.3 Å². The summed E-state index contributed by atoms with van der Waals surface area (Å²) in [5, 5.41) is 3.26. The molecule has 25 heavy (non-hydrogen) atoms. The Morgan fingerprint density at radius 1 is 1.40 bits per heavy atom. The van der Waals surface area contributed by atoms with E-state index in [1.54, 1.807) is 13.1 Å². The van der Waals surface area contributed by atoms with Crippen LogP contribution < -0.4 is 10.0 Å². The van der Waals surface area contributed by atoms with E-state index in [0.29, 0.717) is 17.3 Å². The van der Waals surface area contributed by atoms with Gasteiger partial charge in [0.1, 0.15) is 4.21 Å². The third-order valence-electron chi connectivity index (χ3n) is 4.82. The maximum absolute atomic E-state index is 12.2. The summed E-state index contributed by atoms with van der Waals surface area (Å²) in [6.45, 7) is 6.31. The molecule has 1 atom stereocenters. The molecular weight excluding hydrogens is 360 g/mol. The topological polar surface area (TPSA) is 83.0 Å². The third kappa shape index (κ3) is 4.33. The Kier molecular flexibility index (Phi) is 5.67. The highest BCUT2D eigenvalue weighted by atomic mass is 32.2. The van der Waals surface area contributed by atoms with Crippen molar-refractivity contribution in [1.29, 1.82) is 0 Å². The van der Waals surface area contributed by atoms with Gasteiger partial charge in [-0.15, -0.1) is 11.3 Å². The summed E-state index contributed by atoms with van der Waals surface area (Å²) in [6, 6.07) is 3.46. The second-order valence-electron chi connectivity index (χ2n) is 6.71. The number of thiophene rings is 1. The molecule has 1 unspecified atom stereocenters. The first-order valence-electron chi connectivity index (χ1n) is 8.54. The quantitative estimate of drug-likeness (QED) is 0.449. The van der Waals surface area contributed by atoms with Crippen molar-refractivity contribution in [3.63, 3.8) is 0 Å². The lowest BCUT2D eigenvalue weighted by molar-refractivity contribution is 0.156. The van der Waals surface area contributed by atoms with Crippen LogP contribution in [0.4, 0.5) is 0 Å². The zero-order valence-electron chi connectivity index (χ0n) is 14.7. The maximum atomic E-state index is 12.2. The number of rotatable bonds is 5. The number of nitrogens with one attached hydrogen (secondary N) is 2. The number of nitrogens with zero attached hydrogens (tertiary/aromatic N) is 2. The van der Waals surface area contributed by atoms with E-state index < -0.39 is 10.0 Å². The van der Waals surface area contributed by atoms with Crippen LogP contribution in [-0.4, -0.2) is 65.7 Å². The smallest absolute Gasteiger partial charge is 0.250 e. The number of ether oxygens (including phenoxy) is 1. The van der Waals surface area contributed by atoms with Crippen LogP contribution in [0.3, 0.4) is 0 Å². The summed E-state index contributed by atoms with van der Waals surface area (Å²) >= 11 is 1.28. The van der Waals surface area contributed by atoms with Gasteiger partial charge in [-0.3, -0.25) is 4.99 Å². The molecule has 1 aromatic heterocycles. The average Bonchev–Trinajstić information content (AvgIpc) is 3.31. The van der Waals surface area contributed by atoms with Crippen molar-refractivity contribution in [2.45, 2.75) is 24.0 Å². The predicted molar refractivity (Wildman–Crippen MR) is 99.7 cm³/mol. The molecule has 0 aromatic carbocycles. The van der Waals surface area contributed by atoms with Gasteiger partial charge >= 0.3 is 0 Å². The number of hydrogen-bond acceptors (Lipinski definition) is 5. The van der Waals surface area contributed by atoms with Gasteiger partial charge in [-0.25, -0.2) is 13.1 Å². The van der Waals surface area contributed by atoms with Crippen molar-refractivity contribution < 1.29 is 13.2 Å². The molecule has 2 fully saturated rings. The molecule has 1 spiro atoms. The van der Waals surface area contributed by atoms with Crippen molar-refractivity contribution >= 4 is 27.3 Å². The van der Waals surface area contributed by atoms with Gasteiger partial charge in [0.15, 0.2) is 5.96 Å². The average molecular weight is 387 g/mol. The highest BCUT2D eigenvalue weighted by Gasteiger charge is 2.42. The summed E-state index contributed by atoms with van der Waals surface area (Å²) in [5.74, 6) is 0.829. The van der Waals surface area contributed by atoms with Gasteiger partial charge in [0.05, 0.1) is 6.61 Å².